The molecule has 0 bridgehead atoms. The van der Waals surface area contributed by atoms with Crippen molar-refractivity contribution in [2.24, 2.45) is 5.92 Å². The molecule has 0 radical (unpaired) electrons. The molecular weight excluding hydrogens is 384 g/mol. The maximum Gasteiger partial charge on any atom is -0.0119 e. The first kappa shape index (κ1) is 20.3. The number of hydrogen-bond donors (Lipinski definition) is 0. The van der Waals surface area contributed by atoms with Crippen molar-refractivity contribution in [3.05, 3.63) is 155 Å². The largest absolute Gasteiger partial charge is 0.0726 e. The van der Waals surface area contributed by atoms with Crippen LogP contribution in [0, 0.1) is 5.92 Å². The van der Waals surface area contributed by atoms with E-state index in [0.29, 0.717) is 5.92 Å². The van der Waals surface area contributed by atoms with Gasteiger partial charge in [-0.05, 0) is 58.6 Å². The summed E-state index contributed by atoms with van der Waals surface area (Å²) >= 11 is 0. The van der Waals surface area contributed by atoms with Crippen molar-refractivity contribution in [1.29, 1.82) is 0 Å². The lowest BCUT2D eigenvalue weighted by atomic mass is 9.90. The molecule has 1 unspecified atom stereocenters. The lowest BCUT2D eigenvalue weighted by Gasteiger charge is -2.14. The average molecular weight is 413 g/mol. The zero-order valence-electron chi connectivity index (χ0n) is 18.3. The minimum absolute atomic E-state index is 0.544. The van der Waals surface area contributed by atoms with Crippen molar-refractivity contribution in [1.82, 2.24) is 0 Å². The Morgan fingerprint density at radius 1 is 0.531 bits per heavy atom. The van der Waals surface area contributed by atoms with Crippen molar-refractivity contribution in [3.63, 3.8) is 0 Å². The molecule has 0 amide bonds. The Morgan fingerprint density at radius 2 is 0.938 bits per heavy atom. The van der Waals surface area contributed by atoms with Gasteiger partial charge in [0, 0.05) is 0 Å². The molecule has 0 nitrogen and oxygen atoms in total. The summed E-state index contributed by atoms with van der Waals surface area (Å²) in [7, 11) is 0. The van der Waals surface area contributed by atoms with Crippen LogP contribution < -0.4 is 0 Å². The molecule has 0 N–H and O–H groups in total. The lowest BCUT2D eigenvalue weighted by Crippen LogP contribution is -1.95. The van der Waals surface area contributed by atoms with Crippen LogP contribution in [-0.2, 0) is 0 Å². The molecule has 1 aliphatic rings. The van der Waals surface area contributed by atoms with E-state index in [2.05, 4.69) is 127 Å². The van der Waals surface area contributed by atoms with Crippen LogP contribution in [0.15, 0.2) is 133 Å². The first-order valence-corrected chi connectivity index (χ1v) is 11.5. The van der Waals surface area contributed by atoms with Crippen LogP contribution in [0.4, 0.5) is 0 Å². The molecule has 4 aromatic rings. The number of benzene rings is 4. The third-order valence-corrected chi connectivity index (χ3v) is 6.38. The highest BCUT2D eigenvalue weighted by molar-refractivity contribution is 5.83. The molecule has 0 spiro atoms. The third-order valence-electron chi connectivity index (χ3n) is 6.38. The Kier molecular flexibility index (Phi) is 6.12. The fourth-order valence-electron chi connectivity index (χ4n) is 4.86. The number of hydrogen-bond acceptors (Lipinski definition) is 0. The van der Waals surface area contributed by atoms with Gasteiger partial charge >= 0.3 is 0 Å². The number of rotatable bonds is 5. The maximum absolute atomic E-state index is 2.52. The van der Waals surface area contributed by atoms with Crippen LogP contribution in [0.25, 0.3) is 11.1 Å². The molecule has 0 heterocycles. The van der Waals surface area contributed by atoms with Gasteiger partial charge in [-0.15, -0.1) is 0 Å². The summed E-state index contributed by atoms with van der Waals surface area (Å²) in [5, 5.41) is 0. The lowest BCUT2D eigenvalue weighted by molar-refractivity contribution is 0.695. The van der Waals surface area contributed by atoms with Crippen molar-refractivity contribution in [3.8, 4) is 0 Å². The van der Waals surface area contributed by atoms with E-state index < -0.39 is 0 Å². The Bertz CT molecular complexity index is 1120. The Balaban J connectivity index is 1.54. The molecule has 32 heavy (non-hydrogen) atoms. The van der Waals surface area contributed by atoms with E-state index in [1.165, 1.54) is 39.8 Å². The van der Waals surface area contributed by atoms with Gasteiger partial charge in [-0.2, -0.15) is 0 Å². The van der Waals surface area contributed by atoms with E-state index in [1.54, 1.807) is 5.57 Å². The van der Waals surface area contributed by atoms with Gasteiger partial charge in [-0.1, -0.05) is 133 Å². The van der Waals surface area contributed by atoms with Crippen LogP contribution in [-0.4, -0.2) is 0 Å². The van der Waals surface area contributed by atoms with Crippen molar-refractivity contribution in [2.75, 3.05) is 0 Å². The van der Waals surface area contributed by atoms with Crippen LogP contribution in [0.3, 0.4) is 0 Å². The molecule has 156 valence electrons. The molecule has 1 atom stereocenters. The van der Waals surface area contributed by atoms with Gasteiger partial charge in [0.05, 0.1) is 0 Å². The van der Waals surface area contributed by atoms with Gasteiger partial charge in [-0.3, -0.25) is 0 Å². The fourth-order valence-corrected chi connectivity index (χ4v) is 4.86. The van der Waals surface area contributed by atoms with Crippen LogP contribution in [0.2, 0.25) is 0 Å². The third kappa shape index (κ3) is 4.50. The standard InChI is InChI=1S/C32H28/c1-5-13-26(14-6-1)31(27-15-7-2-8-16-27)24-25-21-22-30(23-25)32(28-17-9-3-10-18-28)29-19-11-4-12-20-29/h1-20,24-25H,21-23H2. The summed E-state index contributed by atoms with van der Waals surface area (Å²) in [6, 6.07) is 43.4. The van der Waals surface area contributed by atoms with E-state index in [9.17, 15) is 0 Å². The van der Waals surface area contributed by atoms with Crippen molar-refractivity contribution < 1.29 is 0 Å². The molecule has 1 aliphatic carbocycles. The second-order valence-corrected chi connectivity index (χ2v) is 8.53. The highest BCUT2D eigenvalue weighted by atomic mass is 14.3. The fraction of sp³-hybridized carbons (Fsp3) is 0.125. The predicted molar refractivity (Wildman–Crippen MR) is 136 cm³/mol. The highest BCUT2D eigenvalue weighted by Crippen LogP contribution is 2.41. The first-order chi connectivity index (χ1) is 15.9. The summed E-state index contributed by atoms with van der Waals surface area (Å²) in [5.74, 6) is 0.544. The van der Waals surface area contributed by atoms with Crippen molar-refractivity contribution in [2.45, 2.75) is 19.3 Å². The quantitative estimate of drug-likeness (QED) is 0.308. The monoisotopic (exact) mass is 412 g/mol. The highest BCUT2D eigenvalue weighted by Gasteiger charge is 2.23. The van der Waals surface area contributed by atoms with E-state index >= 15 is 0 Å². The molecule has 0 heteroatoms. The Hall–Kier alpha value is -3.64. The Labute approximate surface area is 191 Å². The van der Waals surface area contributed by atoms with Crippen LogP contribution in [0.1, 0.15) is 41.5 Å². The first-order valence-electron chi connectivity index (χ1n) is 11.5. The molecule has 4 aromatic carbocycles. The van der Waals surface area contributed by atoms with E-state index in [-0.39, 0.29) is 0 Å². The second kappa shape index (κ2) is 9.66. The second-order valence-electron chi connectivity index (χ2n) is 8.53. The van der Waals surface area contributed by atoms with Gasteiger partial charge in [0.2, 0.25) is 0 Å². The van der Waals surface area contributed by atoms with Gasteiger partial charge in [0.25, 0.3) is 0 Å². The summed E-state index contributed by atoms with van der Waals surface area (Å²) < 4.78 is 0. The molecule has 1 fully saturated rings. The average Bonchev–Trinajstić information content (AvgIpc) is 3.33. The zero-order valence-corrected chi connectivity index (χ0v) is 18.3. The van der Waals surface area contributed by atoms with Gasteiger partial charge in [-0.25, -0.2) is 0 Å². The maximum atomic E-state index is 2.52. The molecule has 5 rings (SSSR count). The van der Waals surface area contributed by atoms with Gasteiger partial charge in [0.15, 0.2) is 0 Å². The zero-order chi connectivity index (χ0) is 21.6. The summed E-state index contributed by atoms with van der Waals surface area (Å²) in [6.45, 7) is 0. The normalized spacial score (nSPS) is 15.4. The van der Waals surface area contributed by atoms with Crippen molar-refractivity contribution >= 4 is 11.1 Å². The Morgan fingerprint density at radius 3 is 1.38 bits per heavy atom. The summed E-state index contributed by atoms with van der Waals surface area (Å²) in [5.41, 5.74) is 9.57. The van der Waals surface area contributed by atoms with E-state index in [1.807, 2.05) is 0 Å². The van der Waals surface area contributed by atoms with Crippen LogP contribution >= 0.6 is 0 Å². The SMILES string of the molecule is C(=C(c1ccccc1)c1ccccc1)C1CCC(=C(c2ccccc2)c2ccccc2)C1. The molecule has 1 saturated carbocycles. The molecular formula is C32H28. The predicted octanol–water partition coefficient (Wildman–Crippen LogP) is 8.42. The van der Waals surface area contributed by atoms with E-state index in [0.717, 1.165) is 12.8 Å². The van der Waals surface area contributed by atoms with E-state index in [4.69, 9.17) is 0 Å². The topological polar surface area (TPSA) is 0 Å². The molecule has 0 saturated heterocycles. The molecule has 0 aromatic heterocycles. The number of allylic oxidation sites excluding steroid dienone is 2. The summed E-state index contributed by atoms with van der Waals surface area (Å²) in [6.07, 6.45) is 5.98. The smallest absolute Gasteiger partial charge is 0.0119 e. The van der Waals surface area contributed by atoms with Crippen LogP contribution in [0.5, 0.6) is 0 Å². The van der Waals surface area contributed by atoms with Gasteiger partial charge < -0.3 is 0 Å². The minimum Gasteiger partial charge on any atom is -0.0726 e. The van der Waals surface area contributed by atoms with Gasteiger partial charge in [0.1, 0.15) is 0 Å². The molecule has 0 aliphatic heterocycles. The minimum atomic E-state index is 0.544. The summed E-state index contributed by atoms with van der Waals surface area (Å²) in [4.78, 5) is 0.